The van der Waals surface area contributed by atoms with E-state index in [1.54, 1.807) is 39.0 Å². The number of hydrogen-bond donors (Lipinski definition) is 2. The highest BCUT2D eigenvalue weighted by Gasteiger charge is 2.25. The van der Waals surface area contributed by atoms with Gasteiger partial charge < -0.3 is 10.1 Å². The molecule has 8 heteroatoms. The number of amides is 1. The quantitative estimate of drug-likeness (QED) is 0.690. The summed E-state index contributed by atoms with van der Waals surface area (Å²) in [5.41, 5.74) is 1.04. The molecule has 3 aromatic rings. The number of nitrogens with zero attached hydrogens (tertiary/aromatic N) is 3. The molecule has 0 saturated carbocycles. The van der Waals surface area contributed by atoms with Gasteiger partial charge in [-0.2, -0.15) is 10.2 Å². The van der Waals surface area contributed by atoms with E-state index < -0.39 is 17.5 Å². The number of hydrogen-bond acceptors (Lipinski definition) is 5. The van der Waals surface area contributed by atoms with Crippen molar-refractivity contribution in [2.45, 2.75) is 33.3 Å². The van der Waals surface area contributed by atoms with E-state index in [0.29, 0.717) is 11.5 Å². The number of aryl methyl sites for hydroxylation is 1. The van der Waals surface area contributed by atoms with E-state index in [0.717, 1.165) is 5.69 Å². The first-order valence-corrected chi connectivity index (χ1v) is 8.45. The molecule has 2 heterocycles. The van der Waals surface area contributed by atoms with Gasteiger partial charge in [0.25, 0.3) is 5.91 Å². The fourth-order valence-electron chi connectivity index (χ4n) is 2.40. The molecule has 0 atom stereocenters. The molecule has 8 nitrogen and oxygen atoms in total. The summed E-state index contributed by atoms with van der Waals surface area (Å²) in [6.07, 6.45) is 0. The number of benzene rings is 1. The van der Waals surface area contributed by atoms with Crippen LogP contribution in [0.25, 0.3) is 5.69 Å². The van der Waals surface area contributed by atoms with Crippen LogP contribution in [-0.2, 0) is 4.74 Å². The minimum absolute atomic E-state index is 0.0837. The van der Waals surface area contributed by atoms with Gasteiger partial charge in [0.1, 0.15) is 5.60 Å². The average Bonchev–Trinajstić information content (AvgIpc) is 3.21. The zero-order valence-electron chi connectivity index (χ0n) is 15.6. The lowest BCUT2D eigenvalue weighted by Crippen LogP contribution is -2.25. The van der Waals surface area contributed by atoms with Crippen molar-refractivity contribution < 1.29 is 14.3 Å². The van der Waals surface area contributed by atoms with E-state index in [1.807, 2.05) is 25.1 Å². The van der Waals surface area contributed by atoms with Crippen LogP contribution in [0.3, 0.4) is 0 Å². The number of rotatable bonds is 4. The molecule has 0 fully saturated rings. The van der Waals surface area contributed by atoms with E-state index in [1.165, 1.54) is 10.7 Å². The summed E-state index contributed by atoms with van der Waals surface area (Å²) < 4.78 is 6.85. The second kappa shape index (κ2) is 7.06. The van der Waals surface area contributed by atoms with Crippen LogP contribution in [0.4, 0.5) is 5.82 Å². The lowest BCUT2D eigenvalue weighted by Gasteiger charge is -2.19. The number of aromatic amines is 1. The summed E-state index contributed by atoms with van der Waals surface area (Å²) in [6, 6.07) is 12.2. The first-order chi connectivity index (χ1) is 12.7. The Kier molecular flexibility index (Phi) is 4.81. The molecule has 0 radical (unpaired) electrons. The number of aromatic nitrogens is 4. The smallest absolute Gasteiger partial charge is 0.357 e. The van der Waals surface area contributed by atoms with Crippen molar-refractivity contribution in [3.63, 3.8) is 0 Å². The van der Waals surface area contributed by atoms with Crippen LogP contribution < -0.4 is 5.32 Å². The van der Waals surface area contributed by atoms with Gasteiger partial charge in [0, 0.05) is 17.8 Å². The van der Waals surface area contributed by atoms with Crippen molar-refractivity contribution in [2.24, 2.45) is 0 Å². The molecular weight excluding hydrogens is 346 g/mol. The maximum absolute atomic E-state index is 12.6. The molecule has 2 N–H and O–H groups in total. The zero-order chi connectivity index (χ0) is 19.6. The van der Waals surface area contributed by atoms with Crippen LogP contribution in [0.5, 0.6) is 0 Å². The molecule has 140 valence electrons. The molecule has 1 amide bonds. The van der Waals surface area contributed by atoms with Crippen molar-refractivity contribution >= 4 is 17.7 Å². The molecule has 27 heavy (non-hydrogen) atoms. The van der Waals surface area contributed by atoms with Gasteiger partial charge in [0.15, 0.2) is 17.2 Å². The van der Waals surface area contributed by atoms with Gasteiger partial charge in [-0.1, -0.05) is 18.2 Å². The van der Waals surface area contributed by atoms with Gasteiger partial charge in [-0.15, -0.1) is 0 Å². The molecule has 0 aliphatic carbocycles. The van der Waals surface area contributed by atoms with E-state index in [9.17, 15) is 9.59 Å². The third-order valence-corrected chi connectivity index (χ3v) is 3.50. The van der Waals surface area contributed by atoms with Crippen molar-refractivity contribution in [1.29, 1.82) is 0 Å². The average molecular weight is 367 g/mol. The first kappa shape index (κ1) is 18.4. The summed E-state index contributed by atoms with van der Waals surface area (Å²) in [5, 5.41) is 13.7. The summed E-state index contributed by atoms with van der Waals surface area (Å²) in [5.74, 6) is -0.653. The first-order valence-electron chi connectivity index (χ1n) is 8.45. The lowest BCUT2D eigenvalue weighted by molar-refractivity contribution is 0.00593. The van der Waals surface area contributed by atoms with Gasteiger partial charge in [-0.3, -0.25) is 9.89 Å². The fourth-order valence-corrected chi connectivity index (χ4v) is 2.40. The number of carbonyl (C=O) groups excluding carboxylic acids is 2. The Morgan fingerprint density at radius 3 is 2.44 bits per heavy atom. The molecule has 1 aromatic carbocycles. The Labute approximate surface area is 156 Å². The SMILES string of the molecule is Cc1cc(NC(=O)c2cc(C(=O)OC(C)(C)C)n(-c3ccccc3)n2)n[nH]1. The Morgan fingerprint density at radius 2 is 1.85 bits per heavy atom. The highest BCUT2D eigenvalue weighted by Crippen LogP contribution is 2.18. The van der Waals surface area contributed by atoms with Gasteiger partial charge >= 0.3 is 5.97 Å². The van der Waals surface area contributed by atoms with Crippen molar-refractivity contribution in [1.82, 2.24) is 20.0 Å². The van der Waals surface area contributed by atoms with Gasteiger partial charge in [-0.25, -0.2) is 9.48 Å². The summed E-state index contributed by atoms with van der Waals surface area (Å²) in [6.45, 7) is 7.17. The van der Waals surface area contributed by atoms with Crippen molar-refractivity contribution in [2.75, 3.05) is 5.32 Å². The minimum Gasteiger partial charge on any atom is -0.455 e. The monoisotopic (exact) mass is 367 g/mol. The largest absolute Gasteiger partial charge is 0.455 e. The second-order valence-electron chi connectivity index (χ2n) is 7.05. The molecule has 0 aliphatic heterocycles. The molecule has 0 aliphatic rings. The predicted molar refractivity (Wildman–Crippen MR) is 100 cm³/mol. The molecule has 0 spiro atoms. The van der Waals surface area contributed by atoms with Crippen LogP contribution in [0.1, 0.15) is 47.4 Å². The third-order valence-electron chi connectivity index (χ3n) is 3.50. The Bertz CT molecular complexity index is 967. The van der Waals surface area contributed by atoms with Gasteiger partial charge in [0.2, 0.25) is 0 Å². The maximum Gasteiger partial charge on any atom is 0.357 e. The number of anilines is 1. The Hall–Kier alpha value is -3.42. The normalized spacial score (nSPS) is 11.3. The van der Waals surface area contributed by atoms with Gasteiger partial charge in [0.05, 0.1) is 5.69 Å². The van der Waals surface area contributed by atoms with Crippen LogP contribution in [0, 0.1) is 6.92 Å². The van der Waals surface area contributed by atoms with E-state index in [2.05, 4.69) is 20.6 Å². The molecular formula is C19H21N5O3. The summed E-state index contributed by atoms with van der Waals surface area (Å²) in [4.78, 5) is 25.2. The molecule has 2 aromatic heterocycles. The molecule has 0 unspecified atom stereocenters. The fraction of sp³-hybridized carbons (Fsp3) is 0.263. The number of para-hydroxylation sites is 1. The van der Waals surface area contributed by atoms with Gasteiger partial charge in [-0.05, 0) is 39.8 Å². The second-order valence-corrected chi connectivity index (χ2v) is 7.05. The lowest BCUT2D eigenvalue weighted by atomic mass is 10.2. The van der Waals surface area contributed by atoms with E-state index >= 15 is 0 Å². The number of nitrogens with one attached hydrogen (secondary N) is 2. The Morgan fingerprint density at radius 1 is 1.15 bits per heavy atom. The summed E-state index contributed by atoms with van der Waals surface area (Å²) in [7, 11) is 0. The molecule has 3 rings (SSSR count). The zero-order valence-corrected chi connectivity index (χ0v) is 15.6. The number of esters is 1. The van der Waals surface area contributed by atoms with E-state index in [4.69, 9.17) is 4.74 Å². The summed E-state index contributed by atoms with van der Waals surface area (Å²) >= 11 is 0. The van der Waals surface area contributed by atoms with E-state index in [-0.39, 0.29) is 11.4 Å². The molecule has 0 saturated heterocycles. The highest BCUT2D eigenvalue weighted by atomic mass is 16.6. The highest BCUT2D eigenvalue weighted by molar-refractivity contribution is 6.04. The maximum atomic E-state index is 12.6. The third kappa shape index (κ3) is 4.41. The Balaban J connectivity index is 1.96. The molecule has 0 bridgehead atoms. The van der Waals surface area contributed by atoms with Crippen molar-refractivity contribution in [3.8, 4) is 5.69 Å². The van der Waals surface area contributed by atoms with Crippen LogP contribution in [0.2, 0.25) is 0 Å². The van der Waals surface area contributed by atoms with Crippen molar-refractivity contribution in [3.05, 3.63) is 59.5 Å². The van der Waals surface area contributed by atoms with Crippen LogP contribution in [-0.4, -0.2) is 37.5 Å². The van der Waals surface area contributed by atoms with Crippen LogP contribution in [0.15, 0.2) is 42.5 Å². The van der Waals surface area contributed by atoms with Crippen LogP contribution >= 0.6 is 0 Å². The topological polar surface area (TPSA) is 102 Å². The number of H-pyrrole nitrogens is 1. The predicted octanol–water partition coefficient (Wildman–Crippen LogP) is 3.11. The number of carbonyl (C=O) groups is 2. The minimum atomic E-state index is -0.669. The number of ether oxygens (including phenoxy) is 1. The standard InChI is InChI=1S/C19H21N5O3/c1-12-10-16(22-21-12)20-17(25)14-11-15(18(26)27-19(2,3)4)24(23-14)13-8-6-5-7-9-13/h5-11H,1-4H3,(H2,20,21,22,25).